The number of fused-ring (bicyclic) bond motifs is 1. The standard InChI is InChI=1S/C17H17NO2/c1-12(18)17-10-14-9-15(7-8-16(14)20-17)19-11-13-5-3-2-4-6-13/h2-10,12H,11,18H2,1H3. The SMILES string of the molecule is CC(N)c1cc2cc(OCc3ccccc3)ccc2o1. The average molecular weight is 267 g/mol. The third-order valence-corrected chi connectivity index (χ3v) is 3.20. The molecule has 1 unspecified atom stereocenters. The molecule has 0 amide bonds. The number of ether oxygens (including phenoxy) is 1. The molecular weight excluding hydrogens is 250 g/mol. The van der Waals surface area contributed by atoms with Gasteiger partial charge in [-0.1, -0.05) is 30.3 Å². The first-order valence-electron chi connectivity index (χ1n) is 6.68. The quantitative estimate of drug-likeness (QED) is 0.776. The first kappa shape index (κ1) is 12.8. The molecule has 0 radical (unpaired) electrons. The Morgan fingerprint density at radius 3 is 2.65 bits per heavy atom. The first-order chi connectivity index (χ1) is 9.72. The molecule has 0 fully saturated rings. The molecule has 2 N–H and O–H groups in total. The van der Waals surface area contributed by atoms with E-state index in [1.54, 1.807) is 0 Å². The predicted molar refractivity (Wildman–Crippen MR) is 79.6 cm³/mol. The molecule has 3 nitrogen and oxygen atoms in total. The summed E-state index contributed by atoms with van der Waals surface area (Å²) in [5.74, 6) is 1.62. The molecule has 3 aromatic rings. The number of hydrogen-bond acceptors (Lipinski definition) is 3. The van der Waals surface area contributed by atoms with E-state index in [4.69, 9.17) is 14.9 Å². The van der Waals surface area contributed by atoms with Crippen LogP contribution in [0.2, 0.25) is 0 Å². The second-order valence-corrected chi connectivity index (χ2v) is 4.91. The second-order valence-electron chi connectivity index (χ2n) is 4.91. The minimum Gasteiger partial charge on any atom is -0.489 e. The highest BCUT2D eigenvalue weighted by molar-refractivity contribution is 5.79. The van der Waals surface area contributed by atoms with Gasteiger partial charge in [0.2, 0.25) is 0 Å². The van der Waals surface area contributed by atoms with Crippen molar-refractivity contribution in [1.29, 1.82) is 0 Å². The van der Waals surface area contributed by atoms with Gasteiger partial charge in [0.05, 0.1) is 6.04 Å². The van der Waals surface area contributed by atoms with Crippen molar-refractivity contribution in [2.45, 2.75) is 19.6 Å². The van der Waals surface area contributed by atoms with Crippen LogP contribution in [0.25, 0.3) is 11.0 Å². The predicted octanol–water partition coefficient (Wildman–Crippen LogP) is 4.03. The molecule has 1 heterocycles. The van der Waals surface area contributed by atoms with Crippen LogP contribution in [0, 0.1) is 0 Å². The Labute approximate surface area is 118 Å². The molecule has 0 spiro atoms. The molecule has 0 saturated heterocycles. The lowest BCUT2D eigenvalue weighted by Gasteiger charge is -2.05. The summed E-state index contributed by atoms with van der Waals surface area (Å²) in [6.07, 6.45) is 0. The van der Waals surface area contributed by atoms with Crippen molar-refractivity contribution >= 4 is 11.0 Å². The number of furan rings is 1. The van der Waals surface area contributed by atoms with E-state index in [-0.39, 0.29) is 6.04 Å². The summed E-state index contributed by atoms with van der Waals surface area (Å²) < 4.78 is 11.5. The smallest absolute Gasteiger partial charge is 0.134 e. The van der Waals surface area contributed by atoms with Crippen LogP contribution >= 0.6 is 0 Å². The Hall–Kier alpha value is -2.26. The van der Waals surface area contributed by atoms with Crippen molar-refractivity contribution in [3.05, 3.63) is 65.9 Å². The van der Waals surface area contributed by atoms with Crippen LogP contribution in [0.1, 0.15) is 24.3 Å². The van der Waals surface area contributed by atoms with Crippen LogP contribution in [0.5, 0.6) is 5.75 Å². The highest BCUT2D eigenvalue weighted by atomic mass is 16.5. The van der Waals surface area contributed by atoms with Crippen LogP contribution in [0.3, 0.4) is 0 Å². The summed E-state index contributed by atoms with van der Waals surface area (Å²) in [5, 5.41) is 1.02. The molecule has 2 aromatic carbocycles. The largest absolute Gasteiger partial charge is 0.489 e. The maximum absolute atomic E-state index is 5.83. The zero-order valence-corrected chi connectivity index (χ0v) is 11.4. The van der Waals surface area contributed by atoms with Gasteiger partial charge < -0.3 is 14.9 Å². The fourth-order valence-electron chi connectivity index (χ4n) is 2.10. The Balaban J connectivity index is 1.78. The van der Waals surface area contributed by atoms with E-state index in [9.17, 15) is 0 Å². The summed E-state index contributed by atoms with van der Waals surface area (Å²) in [4.78, 5) is 0. The van der Waals surface area contributed by atoms with Gasteiger partial charge in [0.15, 0.2) is 0 Å². The van der Waals surface area contributed by atoms with E-state index in [0.29, 0.717) is 6.61 Å². The van der Waals surface area contributed by atoms with Crippen molar-refractivity contribution in [3.63, 3.8) is 0 Å². The zero-order chi connectivity index (χ0) is 13.9. The molecule has 1 aromatic heterocycles. The molecule has 20 heavy (non-hydrogen) atoms. The number of hydrogen-bond donors (Lipinski definition) is 1. The minimum atomic E-state index is -0.101. The van der Waals surface area contributed by atoms with Crippen molar-refractivity contribution in [3.8, 4) is 5.75 Å². The molecule has 0 aliphatic carbocycles. The van der Waals surface area contributed by atoms with Gasteiger partial charge >= 0.3 is 0 Å². The Morgan fingerprint density at radius 1 is 1.10 bits per heavy atom. The molecule has 102 valence electrons. The molecule has 0 bridgehead atoms. The second kappa shape index (κ2) is 5.39. The van der Waals surface area contributed by atoms with E-state index >= 15 is 0 Å². The highest BCUT2D eigenvalue weighted by Gasteiger charge is 2.08. The topological polar surface area (TPSA) is 48.4 Å². The summed E-state index contributed by atoms with van der Waals surface area (Å²) in [6.45, 7) is 2.47. The van der Waals surface area contributed by atoms with Crippen molar-refractivity contribution in [2.24, 2.45) is 5.73 Å². The minimum absolute atomic E-state index is 0.101. The molecule has 1 atom stereocenters. The van der Waals surface area contributed by atoms with Crippen LogP contribution in [0.15, 0.2) is 59.0 Å². The Kier molecular flexibility index (Phi) is 3.44. The lowest BCUT2D eigenvalue weighted by atomic mass is 10.2. The lowest BCUT2D eigenvalue weighted by Crippen LogP contribution is -2.02. The van der Waals surface area contributed by atoms with Gasteiger partial charge in [-0.3, -0.25) is 0 Å². The van der Waals surface area contributed by atoms with E-state index in [0.717, 1.165) is 28.0 Å². The van der Waals surface area contributed by atoms with Gasteiger partial charge in [-0.15, -0.1) is 0 Å². The summed E-state index contributed by atoms with van der Waals surface area (Å²) >= 11 is 0. The van der Waals surface area contributed by atoms with Gasteiger partial charge in [0, 0.05) is 5.39 Å². The highest BCUT2D eigenvalue weighted by Crippen LogP contribution is 2.26. The summed E-state index contributed by atoms with van der Waals surface area (Å²) in [6, 6.07) is 17.8. The van der Waals surface area contributed by atoms with Gasteiger partial charge in [-0.25, -0.2) is 0 Å². The van der Waals surface area contributed by atoms with E-state index in [1.807, 2.05) is 61.5 Å². The van der Waals surface area contributed by atoms with Crippen molar-refractivity contribution in [2.75, 3.05) is 0 Å². The van der Waals surface area contributed by atoms with Crippen LogP contribution in [0.4, 0.5) is 0 Å². The number of benzene rings is 2. The summed E-state index contributed by atoms with van der Waals surface area (Å²) in [5.41, 5.74) is 7.81. The zero-order valence-electron chi connectivity index (χ0n) is 11.4. The first-order valence-corrected chi connectivity index (χ1v) is 6.68. The third-order valence-electron chi connectivity index (χ3n) is 3.20. The van der Waals surface area contributed by atoms with E-state index < -0.39 is 0 Å². The van der Waals surface area contributed by atoms with Crippen LogP contribution in [-0.4, -0.2) is 0 Å². The van der Waals surface area contributed by atoms with E-state index in [1.165, 1.54) is 0 Å². The van der Waals surface area contributed by atoms with Crippen molar-refractivity contribution < 1.29 is 9.15 Å². The molecule has 0 aliphatic rings. The van der Waals surface area contributed by atoms with Gasteiger partial charge in [-0.05, 0) is 36.8 Å². The van der Waals surface area contributed by atoms with Gasteiger partial charge in [0.25, 0.3) is 0 Å². The Morgan fingerprint density at radius 2 is 1.90 bits per heavy atom. The molecule has 3 rings (SSSR count). The number of rotatable bonds is 4. The van der Waals surface area contributed by atoms with E-state index in [2.05, 4.69) is 0 Å². The lowest BCUT2D eigenvalue weighted by molar-refractivity contribution is 0.306. The van der Waals surface area contributed by atoms with Gasteiger partial charge in [-0.2, -0.15) is 0 Å². The molecular formula is C17H17NO2. The molecule has 3 heteroatoms. The third kappa shape index (κ3) is 2.68. The van der Waals surface area contributed by atoms with Crippen molar-refractivity contribution in [1.82, 2.24) is 0 Å². The van der Waals surface area contributed by atoms with Crippen LogP contribution < -0.4 is 10.5 Å². The summed E-state index contributed by atoms with van der Waals surface area (Å²) in [7, 11) is 0. The fourth-order valence-corrected chi connectivity index (χ4v) is 2.10. The van der Waals surface area contributed by atoms with Gasteiger partial charge in [0.1, 0.15) is 23.7 Å². The monoisotopic (exact) mass is 267 g/mol. The maximum atomic E-state index is 5.83. The molecule has 0 saturated carbocycles. The Bertz CT molecular complexity index is 701. The normalized spacial score (nSPS) is 12.5. The maximum Gasteiger partial charge on any atom is 0.134 e. The van der Waals surface area contributed by atoms with Crippen LogP contribution in [-0.2, 0) is 6.61 Å². The fraction of sp³-hybridized carbons (Fsp3) is 0.176. The molecule has 0 aliphatic heterocycles. The number of nitrogens with two attached hydrogens (primary N) is 1. The average Bonchev–Trinajstić information content (AvgIpc) is 2.89.